The third-order valence-corrected chi connectivity index (χ3v) is 9.96. The van der Waals surface area contributed by atoms with Gasteiger partial charge in [-0.2, -0.15) is 10.2 Å². The van der Waals surface area contributed by atoms with Crippen molar-refractivity contribution < 1.29 is 23.4 Å². The quantitative estimate of drug-likeness (QED) is 0.200. The minimum absolute atomic E-state index is 0.0121. The molecule has 0 radical (unpaired) electrons. The number of nitrogens with zero attached hydrogens (tertiary/aromatic N) is 8. The Morgan fingerprint density at radius 2 is 1.61 bits per heavy atom. The number of ether oxygens (including phenoxy) is 2. The summed E-state index contributed by atoms with van der Waals surface area (Å²) in [5.41, 5.74) is 1.93. The minimum Gasteiger partial charge on any atom is -0.493 e. The molecule has 2 saturated heterocycles. The third-order valence-electron chi connectivity index (χ3n) is 9.96. The molecule has 2 aliphatic rings. The van der Waals surface area contributed by atoms with Crippen LogP contribution in [0.4, 0.5) is 20.2 Å². The molecule has 4 heterocycles. The molecule has 0 saturated carbocycles. The molecule has 3 aromatic carbocycles. The summed E-state index contributed by atoms with van der Waals surface area (Å²) >= 11 is 0. The van der Waals surface area contributed by atoms with Crippen molar-refractivity contribution in [2.75, 3.05) is 49.2 Å². The SMILES string of the molecule is CCC(C(C)O)n1ncn(-c2ccc(N3CCN(c4ccc(OC[C@@H]5COC(Cn6cncn6)(c6ccc(F)cc6F)C5)cc4)CC3)cc2)c1=O. The van der Waals surface area contributed by atoms with Gasteiger partial charge >= 0.3 is 5.69 Å². The average Bonchev–Trinajstić information content (AvgIpc) is 3.90. The first-order valence-electron chi connectivity index (χ1n) is 17.3. The zero-order valence-electron chi connectivity index (χ0n) is 28.7. The first-order valence-corrected chi connectivity index (χ1v) is 17.3. The van der Waals surface area contributed by atoms with Crippen LogP contribution in [0.1, 0.15) is 38.3 Å². The largest absolute Gasteiger partial charge is 0.493 e. The Kier molecular flexibility index (Phi) is 9.87. The number of hydrogen-bond donors (Lipinski definition) is 1. The molecule has 2 fully saturated rings. The molecule has 5 aromatic rings. The summed E-state index contributed by atoms with van der Waals surface area (Å²) in [4.78, 5) is 21.7. The molecular weight excluding hydrogens is 658 g/mol. The van der Waals surface area contributed by atoms with Crippen LogP contribution in [0.15, 0.2) is 90.5 Å². The van der Waals surface area contributed by atoms with Gasteiger partial charge in [0.1, 0.15) is 42.0 Å². The molecule has 1 N–H and O–H groups in total. The van der Waals surface area contributed by atoms with Crippen LogP contribution in [0.25, 0.3) is 5.69 Å². The number of halogens is 2. The van der Waals surface area contributed by atoms with Crippen LogP contribution < -0.4 is 20.2 Å². The monoisotopic (exact) mass is 700 g/mol. The fourth-order valence-corrected chi connectivity index (χ4v) is 7.24. The lowest BCUT2D eigenvalue weighted by Crippen LogP contribution is -2.46. The topological polar surface area (TPSA) is 116 Å². The lowest BCUT2D eigenvalue weighted by molar-refractivity contribution is -0.0206. The van der Waals surface area contributed by atoms with Crippen molar-refractivity contribution in [2.45, 2.75) is 51.0 Å². The molecule has 268 valence electrons. The second kappa shape index (κ2) is 14.6. The molecule has 4 atom stereocenters. The standard InChI is InChI=1S/C37H42F2N8O4/c1-3-35(26(2)48)47-36(49)46(25-42-47)31-7-5-29(6-8-31)43-14-16-44(17-15-43)30-9-11-32(12-10-30)50-20-27-19-37(51-21-27,22-45-24-40-23-41-45)33-13-4-28(38)18-34(33)39/h4-13,18,23-27,35,48H,3,14-17,19-22H2,1-2H3/t26?,27-,35?,37?/m1/s1. The first kappa shape index (κ1) is 34.4. The zero-order valence-corrected chi connectivity index (χ0v) is 28.7. The molecule has 7 rings (SSSR count). The van der Waals surface area contributed by atoms with E-state index in [4.69, 9.17) is 9.47 Å². The van der Waals surface area contributed by atoms with Gasteiger partial charge in [-0.05, 0) is 74.4 Å². The van der Waals surface area contributed by atoms with Crippen LogP contribution in [0.2, 0.25) is 0 Å². The normalized spacial score (nSPS) is 20.5. The predicted molar refractivity (Wildman–Crippen MR) is 187 cm³/mol. The van der Waals surface area contributed by atoms with Gasteiger partial charge in [0.05, 0.1) is 37.6 Å². The maximum absolute atomic E-state index is 15.0. The van der Waals surface area contributed by atoms with Gasteiger partial charge in [0.2, 0.25) is 0 Å². The Hall–Kier alpha value is -5.08. The number of aromatic nitrogens is 6. The van der Waals surface area contributed by atoms with Gasteiger partial charge in [0.25, 0.3) is 0 Å². The molecule has 51 heavy (non-hydrogen) atoms. The second-order valence-corrected chi connectivity index (χ2v) is 13.3. The number of anilines is 2. The van der Waals surface area contributed by atoms with E-state index in [1.165, 1.54) is 34.0 Å². The van der Waals surface area contributed by atoms with E-state index in [1.54, 1.807) is 17.9 Å². The highest BCUT2D eigenvalue weighted by Crippen LogP contribution is 2.42. The van der Waals surface area contributed by atoms with E-state index in [0.717, 1.165) is 55.1 Å². The summed E-state index contributed by atoms with van der Waals surface area (Å²) in [5, 5.41) is 18.5. The van der Waals surface area contributed by atoms with E-state index >= 15 is 0 Å². The molecular formula is C37H42F2N8O4. The molecule has 12 nitrogen and oxygen atoms in total. The van der Waals surface area contributed by atoms with Gasteiger partial charge in [-0.25, -0.2) is 32.5 Å². The average molecular weight is 701 g/mol. The highest BCUT2D eigenvalue weighted by atomic mass is 19.1. The number of benzene rings is 3. The molecule has 14 heteroatoms. The molecule has 0 amide bonds. The van der Waals surface area contributed by atoms with E-state index in [9.17, 15) is 18.7 Å². The van der Waals surface area contributed by atoms with Crippen molar-refractivity contribution in [1.29, 1.82) is 0 Å². The summed E-state index contributed by atoms with van der Waals surface area (Å²) in [5.74, 6) is -0.563. The van der Waals surface area contributed by atoms with Crippen molar-refractivity contribution in [1.82, 2.24) is 29.1 Å². The highest BCUT2D eigenvalue weighted by Gasteiger charge is 2.44. The summed E-state index contributed by atoms with van der Waals surface area (Å²) in [6.45, 7) is 7.97. The van der Waals surface area contributed by atoms with Gasteiger partial charge < -0.3 is 24.4 Å². The second-order valence-electron chi connectivity index (χ2n) is 13.3. The van der Waals surface area contributed by atoms with Crippen LogP contribution in [-0.2, 0) is 16.9 Å². The van der Waals surface area contributed by atoms with Crippen LogP contribution >= 0.6 is 0 Å². The maximum atomic E-state index is 15.0. The summed E-state index contributed by atoms with van der Waals surface area (Å²) in [7, 11) is 0. The van der Waals surface area contributed by atoms with E-state index < -0.39 is 23.3 Å². The Bertz CT molecular complexity index is 1960. The van der Waals surface area contributed by atoms with E-state index in [-0.39, 0.29) is 24.2 Å². The minimum atomic E-state index is -1.02. The third kappa shape index (κ3) is 7.24. The van der Waals surface area contributed by atoms with Crippen molar-refractivity contribution in [3.63, 3.8) is 0 Å². The fraction of sp³-hybridized carbons (Fsp3) is 0.405. The Morgan fingerprint density at radius 3 is 2.22 bits per heavy atom. The van der Waals surface area contributed by atoms with Gasteiger partial charge in [-0.1, -0.05) is 13.0 Å². The molecule has 2 aromatic heterocycles. The van der Waals surface area contributed by atoms with Crippen molar-refractivity contribution in [3.8, 4) is 11.4 Å². The Labute approximate surface area is 294 Å². The van der Waals surface area contributed by atoms with Crippen LogP contribution in [0, 0.1) is 17.6 Å². The van der Waals surface area contributed by atoms with Gasteiger partial charge in [0.15, 0.2) is 0 Å². The predicted octanol–water partition coefficient (Wildman–Crippen LogP) is 4.57. The number of aliphatic hydroxyl groups is 1. The summed E-state index contributed by atoms with van der Waals surface area (Å²) < 4.78 is 45.6. The Morgan fingerprint density at radius 1 is 0.941 bits per heavy atom. The summed E-state index contributed by atoms with van der Waals surface area (Å²) in [6.07, 6.45) is 4.88. The number of aliphatic hydroxyl groups excluding tert-OH is 1. The first-order chi connectivity index (χ1) is 24.7. The van der Waals surface area contributed by atoms with Crippen molar-refractivity contribution in [2.24, 2.45) is 5.92 Å². The number of hydrogen-bond acceptors (Lipinski definition) is 9. The van der Waals surface area contributed by atoms with Crippen LogP contribution in [0.3, 0.4) is 0 Å². The molecule has 0 aliphatic carbocycles. The van der Waals surface area contributed by atoms with Gasteiger partial charge in [-0.3, -0.25) is 0 Å². The fourth-order valence-electron chi connectivity index (χ4n) is 7.24. The van der Waals surface area contributed by atoms with Crippen molar-refractivity contribution >= 4 is 11.4 Å². The summed E-state index contributed by atoms with van der Waals surface area (Å²) in [6, 6.07) is 19.2. The molecule has 3 unspecified atom stereocenters. The van der Waals surface area contributed by atoms with E-state index in [2.05, 4.69) is 37.1 Å². The highest BCUT2D eigenvalue weighted by molar-refractivity contribution is 5.54. The van der Waals surface area contributed by atoms with Crippen molar-refractivity contribution in [3.05, 3.63) is 113 Å². The number of piperazine rings is 1. The van der Waals surface area contributed by atoms with Gasteiger partial charge in [0, 0.05) is 55.1 Å². The number of rotatable bonds is 12. The smallest absolute Gasteiger partial charge is 0.350 e. The van der Waals surface area contributed by atoms with Crippen LogP contribution in [-0.4, -0.2) is 79.7 Å². The zero-order chi connectivity index (χ0) is 35.5. The van der Waals surface area contributed by atoms with Gasteiger partial charge in [-0.15, -0.1) is 0 Å². The lowest BCUT2D eigenvalue weighted by Gasteiger charge is -2.37. The van der Waals surface area contributed by atoms with E-state index in [0.29, 0.717) is 31.6 Å². The molecule has 2 aliphatic heterocycles. The Balaban J connectivity index is 0.923. The maximum Gasteiger partial charge on any atom is 0.350 e. The van der Waals surface area contributed by atoms with Crippen LogP contribution in [0.5, 0.6) is 5.75 Å². The lowest BCUT2D eigenvalue weighted by atomic mass is 9.87. The molecule has 0 bridgehead atoms. The molecule has 0 spiro atoms. The van der Waals surface area contributed by atoms with E-state index in [1.807, 2.05) is 43.3 Å².